The van der Waals surface area contributed by atoms with E-state index >= 15 is 0 Å². The van der Waals surface area contributed by atoms with Crippen molar-refractivity contribution >= 4 is 16.6 Å². The van der Waals surface area contributed by atoms with Crippen molar-refractivity contribution in [3.8, 4) is 5.69 Å². The topological polar surface area (TPSA) is 48.0 Å². The Hall–Kier alpha value is -2.76. The van der Waals surface area contributed by atoms with Crippen LogP contribution in [0.4, 0.5) is 19.0 Å². The minimum absolute atomic E-state index is 0.0661. The number of benzene rings is 2. The highest BCUT2D eigenvalue weighted by molar-refractivity contribution is 5.84. The van der Waals surface area contributed by atoms with Crippen LogP contribution in [0.2, 0.25) is 0 Å². The van der Waals surface area contributed by atoms with Crippen LogP contribution in [0.25, 0.3) is 16.5 Å². The predicted molar refractivity (Wildman–Crippen MR) is 73.8 cm³/mol. The molecule has 1 aromatic heterocycles. The van der Waals surface area contributed by atoms with Crippen molar-refractivity contribution in [3.05, 3.63) is 70.3 Å². The predicted octanol–water partition coefficient (Wildman–Crippen LogP) is 2.99. The maximum atomic E-state index is 13.9. The highest BCUT2D eigenvalue weighted by atomic mass is 19.2. The fourth-order valence-corrected chi connectivity index (χ4v) is 2.22. The Morgan fingerprint density at radius 3 is 2.43 bits per heavy atom. The summed E-state index contributed by atoms with van der Waals surface area (Å²) < 4.78 is 41.0. The van der Waals surface area contributed by atoms with E-state index < -0.39 is 28.7 Å². The van der Waals surface area contributed by atoms with Crippen molar-refractivity contribution in [1.82, 2.24) is 4.57 Å². The summed E-state index contributed by atoms with van der Waals surface area (Å²) in [6.45, 7) is 0. The van der Waals surface area contributed by atoms with Gasteiger partial charge in [0.15, 0.2) is 17.5 Å². The number of nitrogen functional groups attached to an aromatic ring is 1. The van der Waals surface area contributed by atoms with Gasteiger partial charge in [0, 0.05) is 5.39 Å². The number of rotatable bonds is 1. The summed E-state index contributed by atoms with van der Waals surface area (Å²) >= 11 is 0. The molecule has 21 heavy (non-hydrogen) atoms. The van der Waals surface area contributed by atoms with Crippen LogP contribution in [0, 0.1) is 17.5 Å². The number of hydrogen-bond acceptors (Lipinski definition) is 2. The van der Waals surface area contributed by atoms with E-state index in [4.69, 9.17) is 5.73 Å². The Morgan fingerprint density at radius 2 is 1.67 bits per heavy atom. The van der Waals surface area contributed by atoms with Crippen molar-refractivity contribution in [2.75, 3.05) is 5.73 Å². The van der Waals surface area contributed by atoms with Gasteiger partial charge in [0.2, 0.25) is 0 Å². The molecular weight excluding hydrogens is 281 g/mol. The average Bonchev–Trinajstić information content (AvgIpc) is 2.47. The molecule has 6 heteroatoms. The molecule has 0 bridgehead atoms. The standard InChI is InChI=1S/C15H9F3N2O/c16-10-5-6-11(14(18)13(10)17)20-12(19)7-8-3-1-2-4-9(8)15(20)21/h1-7H,19H2. The van der Waals surface area contributed by atoms with Gasteiger partial charge in [-0.2, -0.15) is 0 Å². The number of halogens is 3. The number of hydrogen-bond donors (Lipinski definition) is 1. The normalized spacial score (nSPS) is 11.0. The van der Waals surface area contributed by atoms with Gasteiger partial charge in [-0.15, -0.1) is 0 Å². The highest BCUT2D eigenvalue weighted by Gasteiger charge is 2.18. The van der Waals surface area contributed by atoms with Gasteiger partial charge in [-0.3, -0.25) is 9.36 Å². The Morgan fingerprint density at radius 1 is 0.952 bits per heavy atom. The van der Waals surface area contributed by atoms with Gasteiger partial charge in [0.05, 0.1) is 5.69 Å². The minimum Gasteiger partial charge on any atom is -0.385 e. The van der Waals surface area contributed by atoms with Crippen LogP contribution in [-0.4, -0.2) is 4.57 Å². The number of aromatic nitrogens is 1. The van der Waals surface area contributed by atoms with E-state index in [0.717, 1.165) is 16.7 Å². The van der Waals surface area contributed by atoms with E-state index in [1.165, 1.54) is 6.07 Å². The Labute approximate surface area is 117 Å². The van der Waals surface area contributed by atoms with E-state index in [-0.39, 0.29) is 5.82 Å². The average molecular weight is 290 g/mol. The van der Waals surface area contributed by atoms with Crippen molar-refractivity contribution in [2.24, 2.45) is 0 Å². The summed E-state index contributed by atoms with van der Waals surface area (Å²) in [5.41, 5.74) is 4.73. The summed E-state index contributed by atoms with van der Waals surface area (Å²) in [4.78, 5) is 12.4. The van der Waals surface area contributed by atoms with Crippen molar-refractivity contribution in [2.45, 2.75) is 0 Å². The molecule has 3 aromatic rings. The number of nitrogens with two attached hydrogens (primary N) is 1. The first kappa shape index (κ1) is 13.2. The lowest BCUT2D eigenvalue weighted by Gasteiger charge is -2.12. The fraction of sp³-hybridized carbons (Fsp3) is 0. The lowest BCUT2D eigenvalue weighted by Crippen LogP contribution is -2.22. The van der Waals surface area contributed by atoms with Gasteiger partial charge in [0.25, 0.3) is 5.56 Å². The molecule has 0 unspecified atom stereocenters. The Kier molecular flexibility index (Phi) is 2.94. The van der Waals surface area contributed by atoms with E-state index in [9.17, 15) is 18.0 Å². The largest absolute Gasteiger partial charge is 0.385 e. The molecule has 3 rings (SSSR count). The summed E-state index contributed by atoms with van der Waals surface area (Å²) in [5, 5.41) is 0.884. The molecule has 0 fully saturated rings. The molecule has 0 aliphatic rings. The lowest BCUT2D eigenvalue weighted by molar-refractivity contribution is 0.444. The van der Waals surface area contributed by atoms with Gasteiger partial charge in [-0.25, -0.2) is 13.2 Å². The molecule has 0 spiro atoms. The third kappa shape index (κ3) is 1.96. The second-order valence-electron chi connectivity index (χ2n) is 4.49. The van der Waals surface area contributed by atoms with Crippen LogP contribution in [0.1, 0.15) is 0 Å². The zero-order valence-corrected chi connectivity index (χ0v) is 10.6. The van der Waals surface area contributed by atoms with E-state index in [1.807, 2.05) is 0 Å². The maximum absolute atomic E-state index is 13.9. The second kappa shape index (κ2) is 4.66. The monoisotopic (exact) mass is 290 g/mol. The molecule has 0 aliphatic heterocycles. The molecule has 0 aliphatic carbocycles. The summed E-state index contributed by atoms with van der Waals surface area (Å²) in [7, 11) is 0. The zero-order chi connectivity index (χ0) is 15.1. The molecule has 0 atom stereocenters. The van der Waals surface area contributed by atoms with E-state index in [2.05, 4.69) is 0 Å². The van der Waals surface area contributed by atoms with Crippen LogP contribution in [-0.2, 0) is 0 Å². The third-order valence-electron chi connectivity index (χ3n) is 3.21. The minimum atomic E-state index is -1.65. The fourth-order valence-electron chi connectivity index (χ4n) is 2.22. The van der Waals surface area contributed by atoms with Gasteiger partial charge >= 0.3 is 0 Å². The SMILES string of the molecule is Nc1cc2ccccc2c(=O)n1-c1ccc(F)c(F)c1F. The van der Waals surface area contributed by atoms with Gasteiger partial charge in [-0.05, 0) is 29.7 Å². The lowest BCUT2D eigenvalue weighted by atomic mass is 10.1. The quantitative estimate of drug-likeness (QED) is 0.700. The molecule has 3 nitrogen and oxygen atoms in total. The second-order valence-corrected chi connectivity index (χ2v) is 4.49. The van der Waals surface area contributed by atoms with E-state index in [1.54, 1.807) is 24.3 Å². The molecular formula is C15H9F3N2O. The van der Waals surface area contributed by atoms with Crippen molar-refractivity contribution in [1.29, 1.82) is 0 Å². The van der Waals surface area contributed by atoms with E-state index in [0.29, 0.717) is 10.8 Å². The smallest absolute Gasteiger partial charge is 0.264 e. The number of nitrogens with zero attached hydrogens (tertiary/aromatic N) is 1. The number of pyridine rings is 1. The third-order valence-corrected chi connectivity index (χ3v) is 3.21. The molecule has 0 saturated carbocycles. The van der Waals surface area contributed by atoms with Gasteiger partial charge in [0.1, 0.15) is 5.82 Å². The first-order valence-corrected chi connectivity index (χ1v) is 6.05. The van der Waals surface area contributed by atoms with Crippen LogP contribution >= 0.6 is 0 Å². The summed E-state index contributed by atoms with van der Waals surface area (Å²) in [6.07, 6.45) is 0. The first-order chi connectivity index (χ1) is 10.0. The van der Waals surface area contributed by atoms with Crippen LogP contribution < -0.4 is 11.3 Å². The highest BCUT2D eigenvalue weighted by Crippen LogP contribution is 2.22. The zero-order valence-electron chi connectivity index (χ0n) is 10.6. The molecule has 2 aromatic carbocycles. The Balaban J connectivity index is 2.41. The molecule has 1 heterocycles. The maximum Gasteiger partial charge on any atom is 0.264 e. The van der Waals surface area contributed by atoms with Gasteiger partial charge in [-0.1, -0.05) is 18.2 Å². The molecule has 2 N–H and O–H groups in total. The van der Waals surface area contributed by atoms with Crippen LogP contribution in [0.15, 0.2) is 47.3 Å². The van der Waals surface area contributed by atoms with Crippen molar-refractivity contribution in [3.63, 3.8) is 0 Å². The van der Waals surface area contributed by atoms with Crippen molar-refractivity contribution < 1.29 is 13.2 Å². The first-order valence-electron chi connectivity index (χ1n) is 6.05. The summed E-state index contributed by atoms with van der Waals surface area (Å²) in [6, 6.07) is 9.78. The van der Waals surface area contributed by atoms with Gasteiger partial charge < -0.3 is 5.73 Å². The summed E-state index contributed by atoms with van der Waals surface area (Å²) in [5.74, 6) is -4.50. The molecule has 0 amide bonds. The number of fused-ring (bicyclic) bond motifs is 1. The molecule has 0 radical (unpaired) electrons. The molecule has 0 saturated heterocycles. The number of anilines is 1. The van der Waals surface area contributed by atoms with Crippen LogP contribution in [0.3, 0.4) is 0 Å². The molecule has 106 valence electrons. The van der Waals surface area contributed by atoms with Crippen LogP contribution in [0.5, 0.6) is 0 Å². The Bertz CT molecular complexity index is 919.